The van der Waals surface area contributed by atoms with Gasteiger partial charge >= 0.3 is 5.97 Å². The largest absolute Gasteiger partial charge is 0.352 e. The van der Waals surface area contributed by atoms with Crippen LogP contribution in [0.15, 0.2) is 48.5 Å². The molecular formula is C22H28FNO3. The minimum Gasteiger partial charge on any atom is -0.301 e. The molecule has 0 fully saturated rings. The maximum absolute atomic E-state index is 14.6. The molecular weight excluding hydrogens is 345 g/mol. The summed E-state index contributed by atoms with van der Waals surface area (Å²) in [7, 11) is 0. The summed E-state index contributed by atoms with van der Waals surface area (Å²) < 4.78 is 14.6. The smallest absolute Gasteiger partial charge is 0.301 e. The topological polar surface area (TPSA) is 38.8 Å². The van der Waals surface area contributed by atoms with Crippen molar-refractivity contribution in [1.29, 1.82) is 0 Å². The van der Waals surface area contributed by atoms with Crippen LogP contribution in [0, 0.1) is 5.82 Å². The standard InChI is InChI=1S/C22H28FNO3/c1-5-24(6-2)14-15-26-27-21(25)22(3,4)18-12-13-19(20(23)16-18)17-10-8-7-9-11-17/h7-13,16H,5-6,14-15H2,1-4H3. The quantitative estimate of drug-likeness (QED) is 0.366. The van der Waals surface area contributed by atoms with E-state index in [1.54, 1.807) is 26.0 Å². The number of carbonyl (C=O) groups excluding carboxylic acids is 1. The van der Waals surface area contributed by atoms with Gasteiger partial charge in [-0.3, -0.25) is 4.89 Å². The van der Waals surface area contributed by atoms with Gasteiger partial charge in [-0.15, -0.1) is 0 Å². The van der Waals surface area contributed by atoms with E-state index in [0.717, 1.165) is 18.7 Å². The molecule has 27 heavy (non-hydrogen) atoms. The highest BCUT2D eigenvalue weighted by molar-refractivity contribution is 5.82. The van der Waals surface area contributed by atoms with Crippen LogP contribution < -0.4 is 0 Å². The third-order valence-electron chi connectivity index (χ3n) is 4.81. The van der Waals surface area contributed by atoms with Crippen molar-refractivity contribution in [2.75, 3.05) is 26.2 Å². The van der Waals surface area contributed by atoms with Crippen LogP contribution in [0.3, 0.4) is 0 Å². The van der Waals surface area contributed by atoms with E-state index in [0.29, 0.717) is 24.3 Å². The summed E-state index contributed by atoms with van der Waals surface area (Å²) in [6, 6.07) is 14.1. The van der Waals surface area contributed by atoms with E-state index in [-0.39, 0.29) is 5.82 Å². The molecule has 0 aliphatic carbocycles. The summed E-state index contributed by atoms with van der Waals surface area (Å²) in [6.45, 7) is 10.3. The lowest BCUT2D eigenvalue weighted by Gasteiger charge is -2.23. The minimum absolute atomic E-state index is 0.296. The first-order chi connectivity index (χ1) is 12.9. The second-order valence-electron chi connectivity index (χ2n) is 6.91. The zero-order chi connectivity index (χ0) is 19.9. The third-order valence-corrected chi connectivity index (χ3v) is 4.81. The number of nitrogens with zero attached hydrogens (tertiary/aromatic N) is 1. The monoisotopic (exact) mass is 373 g/mol. The van der Waals surface area contributed by atoms with Crippen LogP contribution in [0.5, 0.6) is 0 Å². The van der Waals surface area contributed by atoms with E-state index in [9.17, 15) is 9.18 Å². The Bertz CT molecular complexity index is 742. The molecule has 0 atom stereocenters. The number of hydrogen-bond donors (Lipinski definition) is 0. The molecule has 0 saturated heterocycles. The number of benzene rings is 2. The van der Waals surface area contributed by atoms with E-state index < -0.39 is 11.4 Å². The molecule has 0 saturated carbocycles. The Morgan fingerprint density at radius 1 is 1.07 bits per heavy atom. The fraction of sp³-hybridized carbons (Fsp3) is 0.409. The maximum atomic E-state index is 14.6. The molecule has 2 aromatic carbocycles. The van der Waals surface area contributed by atoms with E-state index in [1.807, 2.05) is 30.3 Å². The van der Waals surface area contributed by atoms with Gasteiger partial charge in [-0.2, -0.15) is 4.89 Å². The summed E-state index contributed by atoms with van der Waals surface area (Å²) in [5.74, 6) is -0.920. The predicted octanol–water partition coefficient (Wildman–Crippen LogP) is 4.59. The SMILES string of the molecule is CCN(CC)CCOOC(=O)C(C)(C)c1ccc(-c2ccccc2)c(F)c1. The highest BCUT2D eigenvalue weighted by atomic mass is 19.1. The van der Waals surface area contributed by atoms with Gasteiger partial charge in [0.05, 0.1) is 5.41 Å². The van der Waals surface area contributed by atoms with Crippen molar-refractivity contribution < 1.29 is 19.0 Å². The van der Waals surface area contributed by atoms with E-state index in [4.69, 9.17) is 9.78 Å². The van der Waals surface area contributed by atoms with Gasteiger partial charge in [-0.1, -0.05) is 56.3 Å². The second-order valence-corrected chi connectivity index (χ2v) is 6.91. The van der Waals surface area contributed by atoms with Gasteiger partial charge in [0.15, 0.2) is 0 Å². The lowest BCUT2D eigenvalue weighted by atomic mass is 9.84. The molecule has 0 amide bonds. The molecule has 0 spiro atoms. The number of carbonyl (C=O) groups is 1. The average molecular weight is 373 g/mol. The Hall–Kier alpha value is -2.24. The van der Waals surface area contributed by atoms with Gasteiger partial charge in [0.1, 0.15) is 12.4 Å². The lowest BCUT2D eigenvalue weighted by Crippen LogP contribution is -2.33. The van der Waals surface area contributed by atoms with Crippen molar-refractivity contribution in [2.24, 2.45) is 0 Å². The van der Waals surface area contributed by atoms with Crippen LogP contribution in [0.1, 0.15) is 33.3 Å². The van der Waals surface area contributed by atoms with Crippen molar-refractivity contribution in [3.8, 4) is 11.1 Å². The summed E-state index contributed by atoms with van der Waals surface area (Å²) >= 11 is 0. The first-order valence-electron chi connectivity index (χ1n) is 9.31. The predicted molar refractivity (Wildman–Crippen MR) is 105 cm³/mol. The van der Waals surface area contributed by atoms with Gasteiger partial charge in [0.25, 0.3) is 0 Å². The summed E-state index contributed by atoms with van der Waals surface area (Å²) in [5, 5.41) is 0. The Morgan fingerprint density at radius 2 is 1.74 bits per heavy atom. The van der Waals surface area contributed by atoms with Gasteiger partial charge in [0, 0.05) is 12.1 Å². The highest BCUT2D eigenvalue weighted by Crippen LogP contribution is 2.30. The van der Waals surface area contributed by atoms with Crippen LogP contribution in [-0.2, 0) is 20.0 Å². The summed E-state index contributed by atoms with van der Waals surface area (Å²) in [5.41, 5.74) is 0.809. The fourth-order valence-electron chi connectivity index (χ4n) is 2.78. The second kappa shape index (κ2) is 9.62. The van der Waals surface area contributed by atoms with Crippen molar-refractivity contribution in [2.45, 2.75) is 33.1 Å². The number of rotatable bonds is 9. The lowest BCUT2D eigenvalue weighted by molar-refractivity contribution is -0.277. The molecule has 0 aromatic heterocycles. The van der Waals surface area contributed by atoms with Gasteiger partial charge < -0.3 is 4.90 Å². The molecule has 4 nitrogen and oxygen atoms in total. The molecule has 146 valence electrons. The number of likely N-dealkylation sites (N-methyl/N-ethyl adjacent to an activating group) is 1. The summed E-state index contributed by atoms with van der Waals surface area (Å²) in [6.07, 6.45) is 0. The molecule has 2 aromatic rings. The van der Waals surface area contributed by atoms with Crippen molar-refractivity contribution in [3.63, 3.8) is 0 Å². The van der Waals surface area contributed by atoms with Gasteiger partial charge in [0.2, 0.25) is 0 Å². The normalized spacial score (nSPS) is 11.6. The molecule has 2 rings (SSSR count). The molecule has 0 radical (unpaired) electrons. The Morgan fingerprint density at radius 3 is 2.33 bits per heavy atom. The average Bonchev–Trinajstić information content (AvgIpc) is 2.68. The van der Waals surface area contributed by atoms with E-state index in [1.165, 1.54) is 6.07 Å². The van der Waals surface area contributed by atoms with Crippen molar-refractivity contribution in [3.05, 3.63) is 59.9 Å². The zero-order valence-electron chi connectivity index (χ0n) is 16.5. The molecule has 0 unspecified atom stereocenters. The minimum atomic E-state index is -1.02. The summed E-state index contributed by atoms with van der Waals surface area (Å²) in [4.78, 5) is 24.6. The molecule has 0 aliphatic rings. The zero-order valence-corrected chi connectivity index (χ0v) is 16.5. The molecule has 0 bridgehead atoms. The molecule has 0 N–H and O–H groups in total. The number of hydrogen-bond acceptors (Lipinski definition) is 4. The van der Waals surface area contributed by atoms with Crippen LogP contribution in [-0.4, -0.2) is 37.1 Å². The Balaban J connectivity index is 2.03. The number of halogens is 1. The van der Waals surface area contributed by atoms with Gasteiger partial charge in [-0.05, 0) is 44.1 Å². The highest BCUT2D eigenvalue weighted by Gasteiger charge is 2.33. The maximum Gasteiger partial charge on any atom is 0.352 e. The fourth-order valence-corrected chi connectivity index (χ4v) is 2.78. The van der Waals surface area contributed by atoms with E-state index >= 15 is 0 Å². The van der Waals surface area contributed by atoms with Crippen molar-refractivity contribution in [1.82, 2.24) is 4.90 Å². The first kappa shape index (κ1) is 21.1. The first-order valence-corrected chi connectivity index (χ1v) is 9.31. The molecule has 0 aliphatic heterocycles. The van der Waals surface area contributed by atoms with Crippen LogP contribution in [0.2, 0.25) is 0 Å². The molecule has 5 heteroatoms. The van der Waals surface area contributed by atoms with Crippen LogP contribution in [0.25, 0.3) is 11.1 Å². The van der Waals surface area contributed by atoms with E-state index in [2.05, 4.69) is 18.7 Å². The van der Waals surface area contributed by atoms with Crippen LogP contribution >= 0.6 is 0 Å². The Kier molecular flexibility index (Phi) is 7.51. The molecule has 0 heterocycles. The van der Waals surface area contributed by atoms with Crippen molar-refractivity contribution >= 4 is 5.97 Å². The third kappa shape index (κ3) is 5.37. The van der Waals surface area contributed by atoms with Crippen LogP contribution in [0.4, 0.5) is 4.39 Å². The Labute approximate surface area is 160 Å². The van der Waals surface area contributed by atoms with Gasteiger partial charge in [-0.25, -0.2) is 9.18 Å².